The van der Waals surface area contributed by atoms with Crippen LogP contribution in [0.2, 0.25) is 0 Å². The number of nitrogens with zero attached hydrogens (tertiary/aromatic N) is 1. The van der Waals surface area contributed by atoms with Crippen LogP contribution in [0.5, 0.6) is 11.5 Å². The van der Waals surface area contributed by atoms with E-state index in [2.05, 4.69) is 5.32 Å². The van der Waals surface area contributed by atoms with Crippen LogP contribution in [-0.4, -0.2) is 36.6 Å². The lowest BCUT2D eigenvalue weighted by molar-refractivity contribution is -0.384. The molecule has 0 heterocycles. The number of amides is 1. The Balaban J connectivity index is 1.69. The Hall–Kier alpha value is -3.62. The van der Waals surface area contributed by atoms with Crippen LogP contribution in [0.3, 0.4) is 0 Å². The minimum atomic E-state index is -0.575. The zero-order valence-corrected chi connectivity index (χ0v) is 16.1. The molecule has 1 N–H and O–H groups in total. The fourth-order valence-electron chi connectivity index (χ4n) is 2.11. The Labute approximate surface area is 167 Å². The average Bonchev–Trinajstić information content (AvgIpc) is 2.70. The second kappa shape index (κ2) is 10.6. The van der Waals surface area contributed by atoms with Crippen molar-refractivity contribution >= 4 is 23.3 Å². The first-order valence-corrected chi connectivity index (χ1v) is 8.92. The van der Waals surface area contributed by atoms with Crippen LogP contribution < -0.4 is 14.8 Å². The predicted octanol–water partition coefficient (Wildman–Crippen LogP) is 3.19. The molecule has 0 bridgehead atoms. The van der Waals surface area contributed by atoms with Crippen LogP contribution in [0, 0.1) is 16.0 Å². The topological polar surface area (TPSA) is 117 Å². The molecule has 0 saturated heterocycles. The van der Waals surface area contributed by atoms with Gasteiger partial charge in [-0.25, -0.2) is 4.79 Å². The van der Waals surface area contributed by atoms with Crippen molar-refractivity contribution in [1.82, 2.24) is 0 Å². The van der Waals surface area contributed by atoms with Crippen LogP contribution in [-0.2, 0) is 14.3 Å². The van der Waals surface area contributed by atoms with Gasteiger partial charge in [-0.1, -0.05) is 19.9 Å². The highest BCUT2D eigenvalue weighted by Crippen LogP contribution is 2.18. The Bertz CT molecular complexity index is 850. The lowest BCUT2D eigenvalue weighted by Crippen LogP contribution is -2.19. The zero-order chi connectivity index (χ0) is 21.2. The summed E-state index contributed by atoms with van der Waals surface area (Å²) in [6.07, 6.45) is 0. The number of esters is 1. The number of anilines is 1. The minimum Gasteiger partial charge on any atom is -0.490 e. The molecule has 0 radical (unpaired) electrons. The van der Waals surface area contributed by atoms with Gasteiger partial charge in [-0.05, 0) is 24.3 Å². The summed E-state index contributed by atoms with van der Waals surface area (Å²) < 4.78 is 15.7. The van der Waals surface area contributed by atoms with E-state index in [1.165, 1.54) is 24.3 Å². The summed E-state index contributed by atoms with van der Waals surface area (Å²) >= 11 is 0. The first kappa shape index (κ1) is 21.7. The number of carbonyl (C=O) groups excluding carboxylic acids is 2. The number of carbonyl (C=O) groups is 2. The summed E-state index contributed by atoms with van der Waals surface area (Å²) in [5.74, 6) is 0.0140. The summed E-state index contributed by atoms with van der Waals surface area (Å²) in [4.78, 5) is 33.5. The molecule has 2 aromatic rings. The van der Waals surface area contributed by atoms with Gasteiger partial charge in [-0.3, -0.25) is 14.9 Å². The van der Waals surface area contributed by atoms with E-state index in [0.717, 1.165) is 0 Å². The second-order valence-electron chi connectivity index (χ2n) is 6.28. The molecule has 9 heteroatoms. The summed E-state index contributed by atoms with van der Waals surface area (Å²) in [5, 5.41) is 13.3. The number of non-ortho nitro benzene ring substituents is 1. The Morgan fingerprint density at radius 2 is 1.76 bits per heavy atom. The number of benzene rings is 2. The molecular formula is C20H22N2O7. The third-order valence-corrected chi connectivity index (χ3v) is 3.65. The van der Waals surface area contributed by atoms with Gasteiger partial charge >= 0.3 is 5.97 Å². The molecule has 0 atom stereocenters. The van der Waals surface area contributed by atoms with Crippen molar-refractivity contribution in [3.05, 3.63) is 58.6 Å². The summed E-state index contributed by atoms with van der Waals surface area (Å²) in [6.45, 7) is 3.39. The van der Waals surface area contributed by atoms with Crippen LogP contribution in [0.1, 0.15) is 13.8 Å². The van der Waals surface area contributed by atoms with Crippen molar-refractivity contribution in [3.63, 3.8) is 0 Å². The number of nitrogens with one attached hydrogen (secondary N) is 1. The SMILES string of the molecule is CC(C)C(=O)Nc1cccc(OCC(=O)OCCOc2ccc([N+](=O)[O-])cc2)c1. The number of hydrogen-bond acceptors (Lipinski definition) is 7. The molecule has 1 amide bonds. The van der Waals surface area contributed by atoms with Gasteiger partial charge in [-0.15, -0.1) is 0 Å². The molecule has 0 aliphatic carbocycles. The van der Waals surface area contributed by atoms with E-state index in [0.29, 0.717) is 17.2 Å². The standard InChI is InChI=1S/C20H22N2O7/c1-14(2)20(24)21-15-4-3-5-18(12-15)29-13-19(23)28-11-10-27-17-8-6-16(7-9-17)22(25)26/h3-9,12,14H,10-11,13H2,1-2H3,(H,21,24). The molecule has 0 aromatic heterocycles. The van der Waals surface area contributed by atoms with Crippen LogP contribution in [0.4, 0.5) is 11.4 Å². The third-order valence-electron chi connectivity index (χ3n) is 3.65. The molecule has 0 aliphatic heterocycles. The van der Waals surface area contributed by atoms with E-state index >= 15 is 0 Å². The molecule has 0 fully saturated rings. The molecule has 0 spiro atoms. The van der Waals surface area contributed by atoms with Gasteiger partial charge < -0.3 is 19.5 Å². The summed E-state index contributed by atoms with van der Waals surface area (Å²) in [6, 6.07) is 12.3. The maximum absolute atomic E-state index is 11.8. The maximum atomic E-state index is 11.8. The molecule has 0 unspecified atom stereocenters. The van der Waals surface area contributed by atoms with E-state index in [9.17, 15) is 19.7 Å². The second-order valence-corrected chi connectivity index (χ2v) is 6.28. The van der Waals surface area contributed by atoms with Gasteiger partial charge in [0.15, 0.2) is 6.61 Å². The van der Waals surface area contributed by atoms with Crippen molar-refractivity contribution in [2.45, 2.75) is 13.8 Å². The molecule has 2 aromatic carbocycles. The fourth-order valence-corrected chi connectivity index (χ4v) is 2.11. The number of rotatable bonds is 10. The fraction of sp³-hybridized carbons (Fsp3) is 0.300. The smallest absolute Gasteiger partial charge is 0.344 e. The van der Waals surface area contributed by atoms with Gasteiger partial charge in [0.25, 0.3) is 5.69 Å². The molecule has 0 aliphatic rings. The lowest BCUT2D eigenvalue weighted by Gasteiger charge is -2.11. The van der Waals surface area contributed by atoms with Crippen molar-refractivity contribution in [1.29, 1.82) is 0 Å². The molecule has 0 saturated carbocycles. The van der Waals surface area contributed by atoms with Crippen LogP contribution in [0.15, 0.2) is 48.5 Å². The predicted molar refractivity (Wildman–Crippen MR) is 105 cm³/mol. The van der Waals surface area contributed by atoms with E-state index in [4.69, 9.17) is 14.2 Å². The highest BCUT2D eigenvalue weighted by atomic mass is 16.6. The van der Waals surface area contributed by atoms with Gasteiger partial charge in [0.05, 0.1) is 4.92 Å². The van der Waals surface area contributed by atoms with Crippen molar-refractivity contribution < 1.29 is 28.7 Å². The van der Waals surface area contributed by atoms with E-state index in [1.807, 2.05) is 0 Å². The van der Waals surface area contributed by atoms with Gasteiger partial charge in [-0.2, -0.15) is 0 Å². The van der Waals surface area contributed by atoms with Gasteiger partial charge in [0, 0.05) is 29.8 Å². The average molecular weight is 402 g/mol. The van der Waals surface area contributed by atoms with Crippen LogP contribution >= 0.6 is 0 Å². The Morgan fingerprint density at radius 1 is 1.03 bits per heavy atom. The van der Waals surface area contributed by atoms with Gasteiger partial charge in [0.1, 0.15) is 24.7 Å². The summed E-state index contributed by atoms with van der Waals surface area (Å²) in [5.41, 5.74) is 0.542. The highest BCUT2D eigenvalue weighted by Gasteiger charge is 2.09. The molecule has 2 rings (SSSR count). The quantitative estimate of drug-likeness (QED) is 0.281. The lowest BCUT2D eigenvalue weighted by atomic mass is 10.2. The normalized spacial score (nSPS) is 10.3. The first-order valence-electron chi connectivity index (χ1n) is 8.92. The maximum Gasteiger partial charge on any atom is 0.344 e. The zero-order valence-electron chi connectivity index (χ0n) is 16.1. The van der Waals surface area contributed by atoms with E-state index in [1.54, 1.807) is 38.1 Å². The Morgan fingerprint density at radius 3 is 2.41 bits per heavy atom. The van der Waals surface area contributed by atoms with Crippen molar-refractivity contribution in [2.75, 3.05) is 25.1 Å². The monoisotopic (exact) mass is 402 g/mol. The largest absolute Gasteiger partial charge is 0.490 e. The summed E-state index contributed by atoms with van der Waals surface area (Å²) in [7, 11) is 0. The number of nitro benzene ring substituents is 1. The first-order chi connectivity index (χ1) is 13.8. The molecule has 9 nitrogen and oxygen atoms in total. The van der Waals surface area contributed by atoms with E-state index < -0.39 is 10.9 Å². The third kappa shape index (κ3) is 7.49. The molecule has 154 valence electrons. The van der Waals surface area contributed by atoms with Gasteiger partial charge in [0.2, 0.25) is 5.91 Å². The minimum absolute atomic E-state index is 0.00364. The molecule has 29 heavy (non-hydrogen) atoms. The van der Waals surface area contributed by atoms with Crippen molar-refractivity contribution in [2.24, 2.45) is 5.92 Å². The number of ether oxygens (including phenoxy) is 3. The highest BCUT2D eigenvalue weighted by molar-refractivity contribution is 5.92. The van der Waals surface area contributed by atoms with Crippen molar-refractivity contribution in [3.8, 4) is 11.5 Å². The Kier molecular flexibility index (Phi) is 7.96. The number of nitro groups is 1. The number of hydrogen-bond donors (Lipinski definition) is 1. The van der Waals surface area contributed by atoms with Crippen LogP contribution in [0.25, 0.3) is 0 Å². The van der Waals surface area contributed by atoms with E-state index in [-0.39, 0.29) is 37.3 Å². The molecular weight excluding hydrogens is 380 g/mol.